The van der Waals surface area contributed by atoms with Crippen molar-refractivity contribution in [3.8, 4) is 97.7 Å². The average Bonchev–Trinajstić information content (AvgIpc) is 0.705. The highest BCUT2D eigenvalue weighted by Gasteiger charge is 2.54. The van der Waals surface area contributed by atoms with Crippen LogP contribution in [-0.4, -0.2) is 141 Å². The third-order valence-corrected chi connectivity index (χ3v) is 19.5. The molecule has 0 aromatic heterocycles. The number of ether oxygens (including phenoxy) is 21. The van der Waals surface area contributed by atoms with Crippen LogP contribution in [0.3, 0.4) is 0 Å². The first-order valence-corrected chi connectivity index (χ1v) is 33.9. The monoisotopic (exact) mass is 1460 g/mol. The van der Waals surface area contributed by atoms with E-state index in [2.05, 4.69) is 0 Å². The zero-order valence-electron chi connectivity index (χ0n) is 61.8. The molecule has 0 N–H and O–H groups in total. The molecular formula is C81H84O25. The molecule has 25 nitrogen and oxygen atoms in total. The van der Waals surface area contributed by atoms with Crippen molar-refractivity contribution in [2.75, 3.05) is 92.4 Å². The summed E-state index contributed by atoms with van der Waals surface area (Å²) in [5.41, 5.74) is 4.56. The van der Waals surface area contributed by atoms with Crippen LogP contribution in [0.5, 0.6) is 97.7 Å². The highest BCUT2D eigenvalue weighted by atomic mass is 16.6. The number of methoxy groups -OCH3 is 13. The molecule has 0 spiro atoms. The summed E-state index contributed by atoms with van der Waals surface area (Å²) in [6.45, 7) is 5.19. The maximum Gasteiger partial charge on any atom is 0.303 e. The van der Waals surface area contributed by atoms with Crippen molar-refractivity contribution in [1.29, 1.82) is 0 Å². The Hall–Kier alpha value is -11.8. The normalized spacial score (nSPS) is 20.8. The highest BCUT2D eigenvalue weighted by molar-refractivity contribution is 5.75. The molecule has 0 bridgehead atoms. The van der Waals surface area contributed by atoms with Crippen LogP contribution in [0.1, 0.15) is 131 Å². The lowest BCUT2D eigenvalue weighted by Crippen LogP contribution is -2.42. The van der Waals surface area contributed by atoms with Crippen molar-refractivity contribution >= 4 is 23.9 Å². The standard InChI is InChI=1S/C81H84O25/c1-39(82)99-66-37-53-76(97-16)70(68-50-25-23-48(87-6)35-60(50)104-74(80(68)101-41(3)84)45-20-28-56(90-9)64(32-45)95-14)78(98-17)71(77(53)106-72(66)43-18-26-54(88-7)62(30-43)93-12)69-52-36-51(58(92-11)38-61(52)105-75(81(69)102-42(4)85)46-21-29-57(91-10)65(33-46)96-15)67-49-24-22-47(86-5)34-59(49)103-73(79(67)100-40(2)83)44-19-27-55(89-8)63(31-44)94-13/h18-36,38,66-69,72-75,79-81H,37H2,1-17H3/t66-,67+,68-,69+,72+,73+,74+,75+,79-,80-,81-/m0/s1. The SMILES string of the molecule is COc1ccc2c(c1)O[C@H](c1ccc(OC)c(OC)c1)[C@@H](OC(C)=O)[C@H]2c1cc2c(cc1OC)O[C@H](c1ccc(OC)c(OC)c1)[C@@H](OC(C)=O)[C@H]2c1c2c(c(OC)c([C@@H]3c4ccc(OC)cc4O[C@H](c4ccc(OC)c(OC)c4)[C@H]3OC(C)=O)c1OC)C[C@H](OC(C)=O)[C@@H](c1ccc(OC)c(OC)c1)O2. The zero-order valence-corrected chi connectivity index (χ0v) is 61.8. The molecule has 8 aromatic rings. The minimum absolute atomic E-state index is 0.0673. The summed E-state index contributed by atoms with van der Waals surface area (Å²) in [5, 5.41) is 0. The second-order valence-corrected chi connectivity index (χ2v) is 25.3. The Labute approximate surface area is 613 Å². The van der Waals surface area contributed by atoms with Gasteiger partial charge in [-0.3, -0.25) is 19.2 Å². The van der Waals surface area contributed by atoms with Crippen molar-refractivity contribution in [2.24, 2.45) is 0 Å². The van der Waals surface area contributed by atoms with E-state index in [9.17, 15) is 19.2 Å². The van der Waals surface area contributed by atoms with Crippen LogP contribution in [0.4, 0.5) is 0 Å². The molecule has 106 heavy (non-hydrogen) atoms. The fraction of sp³-hybridized carbons (Fsp3) is 0.358. The first kappa shape index (κ1) is 74.0. The van der Waals surface area contributed by atoms with Crippen molar-refractivity contribution < 1.29 is 119 Å². The van der Waals surface area contributed by atoms with Crippen LogP contribution in [-0.2, 0) is 44.5 Å². The molecule has 4 heterocycles. The molecule has 0 amide bonds. The first-order valence-electron chi connectivity index (χ1n) is 33.9. The topological polar surface area (TPSA) is 262 Å². The van der Waals surface area contributed by atoms with Gasteiger partial charge in [0, 0.05) is 114 Å². The van der Waals surface area contributed by atoms with Crippen molar-refractivity contribution in [3.05, 3.63) is 183 Å². The van der Waals surface area contributed by atoms with Gasteiger partial charge < -0.3 is 99.5 Å². The summed E-state index contributed by atoms with van der Waals surface area (Å²) in [4.78, 5) is 56.7. The summed E-state index contributed by atoms with van der Waals surface area (Å²) in [6, 6.07) is 35.1. The minimum atomic E-state index is -1.46. The Morgan fingerprint density at radius 1 is 0.302 bits per heavy atom. The molecule has 0 saturated carbocycles. The number of esters is 4. The predicted octanol–water partition coefficient (Wildman–Crippen LogP) is 13.0. The minimum Gasteiger partial charge on any atom is -0.497 e. The second kappa shape index (κ2) is 31.3. The number of benzene rings is 8. The van der Waals surface area contributed by atoms with E-state index in [-0.39, 0.29) is 46.3 Å². The van der Waals surface area contributed by atoms with Crippen LogP contribution >= 0.6 is 0 Å². The third-order valence-electron chi connectivity index (χ3n) is 19.5. The summed E-state index contributed by atoms with van der Waals surface area (Å²) < 4.78 is 135. The van der Waals surface area contributed by atoms with E-state index in [1.807, 2.05) is 12.1 Å². The van der Waals surface area contributed by atoms with Crippen LogP contribution in [0.15, 0.2) is 121 Å². The van der Waals surface area contributed by atoms with Gasteiger partial charge in [-0.25, -0.2) is 0 Å². The lowest BCUT2D eigenvalue weighted by Gasteiger charge is -2.45. The molecular weight excluding hydrogens is 1370 g/mol. The van der Waals surface area contributed by atoms with Gasteiger partial charge in [0.25, 0.3) is 0 Å². The van der Waals surface area contributed by atoms with E-state index in [0.717, 1.165) is 0 Å². The Morgan fingerprint density at radius 2 is 0.660 bits per heavy atom. The van der Waals surface area contributed by atoms with Gasteiger partial charge in [-0.1, -0.05) is 36.4 Å². The van der Waals surface area contributed by atoms with Gasteiger partial charge in [0.2, 0.25) is 0 Å². The summed E-state index contributed by atoms with van der Waals surface area (Å²) >= 11 is 0. The van der Waals surface area contributed by atoms with Crippen molar-refractivity contribution in [1.82, 2.24) is 0 Å². The van der Waals surface area contributed by atoms with Crippen LogP contribution in [0.25, 0.3) is 0 Å². The maximum absolute atomic E-state index is 14.7. The van der Waals surface area contributed by atoms with Gasteiger partial charge in [-0.15, -0.1) is 0 Å². The molecule has 4 aliphatic heterocycles. The molecule has 11 atom stereocenters. The lowest BCUT2D eigenvalue weighted by atomic mass is 9.72. The molecule has 8 aromatic carbocycles. The molecule has 25 heteroatoms. The van der Waals surface area contributed by atoms with Gasteiger partial charge in [0.15, 0.2) is 88.7 Å². The Bertz CT molecular complexity index is 4640. The third kappa shape index (κ3) is 13.8. The molecule has 0 radical (unpaired) electrons. The highest BCUT2D eigenvalue weighted by Crippen LogP contribution is 2.64. The van der Waals surface area contributed by atoms with Crippen LogP contribution < -0.4 is 80.5 Å². The van der Waals surface area contributed by atoms with Gasteiger partial charge in [-0.2, -0.15) is 0 Å². The largest absolute Gasteiger partial charge is 0.497 e. The number of hydrogen-bond donors (Lipinski definition) is 0. The lowest BCUT2D eigenvalue weighted by molar-refractivity contribution is -0.154. The summed E-state index contributed by atoms with van der Waals surface area (Å²) in [6.07, 6.45) is -9.88. The smallest absolute Gasteiger partial charge is 0.303 e. The van der Waals surface area contributed by atoms with E-state index in [0.29, 0.717) is 119 Å². The number of carbonyl (C=O) groups excluding carboxylic acids is 4. The average molecular weight is 1460 g/mol. The molecule has 4 aliphatic rings. The van der Waals surface area contributed by atoms with Gasteiger partial charge >= 0.3 is 23.9 Å². The van der Waals surface area contributed by atoms with E-state index >= 15 is 0 Å². The molecule has 12 rings (SSSR count). The predicted molar refractivity (Wildman–Crippen MR) is 382 cm³/mol. The summed E-state index contributed by atoms with van der Waals surface area (Å²) in [5.74, 6) is -0.867. The zero-order chi connectivity index (χ0) is 75.5. The Kier molecular flexibility index (Phi) is 21.8. The van der Waals surface area contributed by atoms with Gasteiger partial charge in [0.1, 0.15) is 57.8 Å². The fourth-order valence-corrected chi connectivity index (χ4v) is 15.1. The summed E-state index contributed by atoms with van der Waals surface area (Å²) in [7, 11) is 19.6. The number of hydrogen-bond acceptors (Lipinski definition) is 25. The molecule has 0 aliphatic carbocycles. The van der Waals surface area contributed by atoms with Crippen LogP contribution in [0, 0.1) is 0 Å². The number of rotatable bonds is 24. The van der Waals surface area contributed by atoms with Gasteiger partial charge in [0.05, 0.1) is 110 Å². The van der Waals surface area contributed by atoms with E-state index < -0.39 is 90.5 Å². The second-order valence-electron chi connectivity index (χ2n) is 25.3. The number of carbonyl (C=O) groups is 4. The van der Waals surface area contributed by atoms with E-state index in [1.54, 1.807) is 109 Å². The van der Waals surface area contributed by atoms with Crippen LogP contribution in [0.2, 0.25) is 0 Å². The van der Waals surface area contributed by atoms with E-state index in [1.165, 1.54) is 120 Å². The van der Waals surface area contributed by atoms with Crippen molar-refractivity contribution in [2.45, 2.75) is 101 Å². The Balaban J connectivity index is 1.25. The van der Waals surface area contributed by atoms with E-state index in [4.69, 9.17) is 99.5 Å². The molecule has 558 valence electrons. The molecule has 0 saturated heterocycles. The van der Waals surface area contributed by atoms with Crippen molar-refractivity contribution in [3.63, 3.8) is 0 Å². The number of fused-ring (bicyclic) bond motifs is 4. The Morgan fingerprint density at radius 3 is 1.03 bits per heavy atom. The molecule has 0 unspecified atom stereocenters. The molecule has 0 fully saturated rings. The first-order chi connectivity index (χ1) is 51.2. The fourth-order valence-electron chi connectivity index (χ4n) is 15.1. The quantitative estimate of drug-likeness (QED) is 0.0402. The maximum atomic E-state index is 14.7. The van der Waals surface area contributed by atoms with Gasteiger partial charge in [-0.05, 0) is 66.7 Å².